The van der Waals surface area contributed by atoms with Crippen molar-refractivity contribution in [2.75, 3.05) is 25.6 Å². The van der Waals surface area contributed by atoms with Gasteiger partial charge in [-0.1, -0.05) is 0 Å². The van der Waals surface area contributed by atoms with Gasteiger partial charge in [-0.15, -0.1) is 5.10 Å². The van der Waals surface area contributed by atoms with Crippen molar-refractivity contribution < 1.29 is 14.9 Å². The minimum absolute atomic E-state index is 0.207. The Hall–Kier alpha value is -2.19. The Kier molecular flexibility index (Phi) is 4.26. The minimum atomic E-state index is -0.840. The molecule has 1 aromatic carbocycles. The average Bonchev–Trinajstić information content (AvgIpc) is 2.98. The largest absolute Gasteiger partial charge is 0.497 e. The van der Waals surface area contributed by atoms with E-state index in [1.807, 2.05) is 0 Å². The molecule has 8 nitrogen and oxygen atoms in total. The predicted molar refractivity (Wildman–Crippen MR) is 67.3 cm³/mol. The summed E-state index contributed by atoms with van der Waals surface area (Å²) < 4.78 is 6.64. The van der Waals surface area contributed by atoms with E-state index in [9.17, 15) is 5.11 Å². The van der Waals surface area contributed by atoms with Crippen molar-refractivity contribution in [3.05, 3.63) is 24.5 Å². The van der Waals surface area contributed by atoms with Crippen LogP contribution in [0.5, 0.6) is 5.75 Å². The number of benzene rings is 1. The molecule has 2 aromatic rings. The number of methoxy groups -OCH3 is 1. The summed E-state index contributed by atoms with van der Waals surface area (Å²) in [6.45, 7) is -0.101. The maximum Gasteiger partial charge on any atom is 0.143 e. The van der Waals surface area contributed by atoms with Gasteiger partial charge in [0, 0.05) is 12.6 Å². The number of aliphatic hydroxyl groups is 2. The first-order valence-corrected chi connectivity index (χ1v) is 5.68. The quantitative estimate of drug-likeness (QED) is 0.642. The Balaban J connectivity index is 2.27. The van der Waals surface area contributed by atoms with E-state index < -0.39 is 6.10 Å². The maximum absolute atomic E-state index is 9.38. The highest BCUT2D eigenvalue weighted by molar-refractivity contribution is 5.63. The van der Waals surface area contributed by atoms with E-state index in [0.29, 0.717) is 11.4 Å². The summed E-state index contributed by atoms with van der Waals surface area (Å²) in [7, 11) is 1.57. The van der Waals surface area contributed by atoms with E-state index in [0.717, 1.165) is 5.69 Å². The van der Waals surface area contributed by atoms with Gasteiger partial charge < -0.3 is 20.3 Å². The van der Waals surface area contributed by atoms with Gasteiger partial charge in [-0.3, -0.25) is 0 Å². The van der Waals surface area contributed by atoms with Crippen LogP contribution in [0, 0.1) is 0 Å². The molecule has 0 aliphatic rings. The number of hydrogen-bond acceptors (Lipinski definition) is 7. The lowest BCUT2D eigenvalue weighted by Crippen LogP contribution is -2.23. The van der Waals surface area contributed by atoms with Gasteiger partial charge in [0.2, 0.25) is 0 Å². The molecule has 1 aromatic heterocycles. The molecule has 102 valence electrons. The number of anilines is 1. The molecule has 1 unspecified atom stereocenters. The molecule has 0 aliphatic carbocycles. The van der Waals surface area contributed by atoms with Crippen LogP contribution in [0.2, 0.25) is 0 Å². The molecule has 0 saturated carbocycles. The molecule has 0 amide bonds. The van der Waals surface area contributed by atoms with Crippen molar-refractivity contribution in [3.63, 3.8) is 0 Å². The average molecular weight is 265 g/mol. The third kappa shape index (κ3) is 3.18. The van der Waals surface area contributed by atoms with Crippen molar-refractivity contribution >= 4 is 5.69 Å². The summed E-state index contributed by atoms with van der Waals surface area (Å²) in [6.07, 6.45) is 0.628. The van der Waals surface area contributed by atoms with Gasteiger partial charge in [-0.25, -0.2) is 0 Å². The van der Waals surface area contributed by atoms with Gasteiger partial charge in [-0.2, -0.15) is 4.68 Å². The van der Waals surface area contributed by atoms with Crippen LogP contribution >= 0.6 is 0 Å². The molecule has 0 radical (unpaired) electrons. The van der Waals surface area contributed by atoms with Crippen LogP contribution < -0.4 is 10.1 Å². The summed E-state index contributed by atoms with van der Waals surface area (Å²) >= 11 is 0. The lowest BCUT2D eigenvalue weighted by atomic mass is 10.2. The van der Waals surface area contributed by atoms with E-state index in [4.69, 9.17) is 9.84 Å². The van der Waals surface area contributed by atoms with Gasteiger partial charge >= 0.3 is 0 Å². The van der Waals surface area contributed by atoms with Gasteiger partial charge in [-0.05, 0) is 22.6 Å². The highest BCUT2D eigenvalue weighted by Gasteiger charge is 2.09. The first-order valence-electron chi connectivity index (χ1n) is 5.68. The lowest BCUT2D eigenvalue weighted by molar-refractivity contribution is 0.105. The molecule has 8 heteroatoms. The van der Waals surface area contributed by atoms with Crippen LogP contribution in [-0.2, 0) is 0 Å². The fraction of sp³-hybridized carbons (Fsp3) is 0.364. The lowest BCUT2D eigenvalue weighted by Gasteiger charge is -2.14. The van der Waals surface area contributed by atoms with Crippen molar-refractivity contribution in [1.29, 1.82) is 0 Å². The second-order valence-corrected chi connectivity index (χ2v) is 3.85. The van der Waals surface area contributed by atoms with Gasteiger partial charge in [0.05, 0.1) is 31.2 Å². The molecular weight excluding hydrogens is 250 g/mol. The normalized spacial score (nSPS) is 12.2. The second-order valence-electron chi connectivity index (χ2n) is 3.85. The van der Waals surface area contributed by atoms with Crippen molar-refractivity contribution in [2.45, 2.75) is 6.10 Å². The Morgan fingerprint density at radius 1 is 1.47 bits per heavy atom. The Morgan fingerprint density at radius 2 is 2.32 bits per heavy atom. The molecule has 0 saturated heterocycles. The summed E-state index contributed by atoms with van der Waals surface area (Å²) in [6, 6.07) is 5.34. The van der Waals surface area contributed by atoms with E-state index >= 15 is 0 Å². The number of ether oxygens (including phenoxy) is 1. The van der Waals surface area contributed by atoms with Gasteiger partial charge in [0.15, 0.2) is 0 Å². The second kappa shape index (κ2) is 6.12. The number of nitrogens with zero attached hydrogens (tertiary/aromatic N) is 4. The SMILES string of the molecule is COc1ccc(-n2cnnn2)c(NCC(O)CO)c1. The number of tetrazole rings is 1. The number of aromatic nitrogens is 4. The highest BCUT2D eigenvalue weighted by atomic mass is 16.5. The Bertz CT molecular complexity index is 517. The monoisotopic (exact) mass is 265 g/mol. The highest BCUT2D eigenvalue weighted by Crippen LogP contribution is 2.24. The van der Waals surface area contributed by atoms with Gasteiger partial charge in [0.25, 0.3) is 0 Å². The Labute approximate surface area is 109 Å². The van der Waals surface area contributed by atoms with Crippen LogP contribution in [0.1, 0.15) is 0 Å². The molecule has 3 N–H and O–H groups in total. The summed E-state index contributed by atoms with van der Waals surface area (Å²) in [5, 5.41) is 32.2. The predicted octanol–water partition coefficient (Wildman–Crippen LogP) is -0.564. The van der Waals surface area contributed by atoms with Crippen LogP contribution in [0.4, 0.5) is 5.69 Å². The smallest absolute Gasteiger partial charge is 0.143 e. The maximum atomic E-state index is 9.38. The molecule has 0 spiro atoms. The minimum Gasteiger partial charge on any atom is -0.497 e. The number of aliphatic hydroxyl groups excluding tert-OH is 2. The molecule has 2 rings (SSSR count). The number of hydrogen-bond donors (Lipinski definition) is 3. The molecule has 19 heavy (non-hydrogen) atoms. The zero-order valence-corrected chi connectivity index (χ0v) is 10.4. The van der Waals surface area contributed by atoms with E-state index in [1.54, 1.807) is 25.3 Å². The van der Waals surface area contributed by atoms with E-state index in [-0.39, 0.29) is 13.2 Å². The standard InChI is InChI=1S/C11H15N5O3/c1-19-9-2-3-11(16-7-13-14-15-16)10(4-9)12-5-8(18)6-17/h2-4,7-8,12,17-18H,5-6H2,1H3. The van der Waals surface area contributed by atoms with Crippen molar-refractivity contribution in [3.8, 4) is 11.4 Å². The third-order valence-corrected chi connectivity index (χ3v) is 2.54. The van der Waals surface area contributed by atoms with Gasteiger partial charge in [0.1, 0.15) is 12.1 Å². The topological polar surface area (TPSA) is 105 Å². The summed E-state index contributed by atoms with van der Waals surface area (Å²) in [5.41, 5.74) is 1.41. The molecule has 0 fully saturated rings. The van der Waals surface area contributed by atoms with E-state index in [1.165, 1.54) is 11.0 Å². The molecular formula is C11H15N5O3. The van der Waals surface area contributed by atoms with Crippen LogP contribution in [0.3, 0.4) is 0 Å². The zero-order chi connectivity index (χ0) is 13.7. The molecule has 0 bridgehead atoms. The first kappa shape index (κ1) is 13.2. The first-order chi connectivity index (χ1) is 9.24. The number of nitrogens with one attached hydrogen (secondary N) is 1. The zero-order valence-electron chi connectivity index (χ0n) is 10.4. The van der Waals surface area contributed by atoms with E-state index in [2.05, 4.69) is 20.8 Å². The van der Waals surface area contributed by atoms with Crippen LogP contribution in [0.15, 0.2) is 24.5 Å². The fourth-order valence-electron chi connectivity index (χ4n) is 1.55. The summed E-state index contributed by atoms with van der Waals surface area (Å²) in [5.74, 6) is 0.665. The van der Waals surface area contributed by atoms with Crippen molar-refractivity contribution in [2.24, 2.45) is 0 Å². The Morgan fingerprint density at radius 3 is 2.95 bits per heavy atom. The molecule has 1 heterocycles. The van der Waals surface area contributed by atoms with Crippen LogP contribution in [0.25, 0.3) is 5.69 Å². The summed E-state index contributed by atoms with van der Waals surface area (Å²) in [4.78, 5) is 0. The number of rotatable bonds is 6. The van der Waals surface area contributed by atoms with Crippen molar-refractivity contribution in [1.82, 2.24) is 20.2 Å². The third-order valence-electron chi connectivity index (χ3n) is 2.54. The molecule has 0 aliphatic heterocycles. The molecule has 1 atom stereocenters. The van der Waals surface area contributed by atoms with Crippen LogP contribution in [-0.4, -0.2) is 56.8 Å². The fourth-order valence-corrected chi connectivity index (χ4v) is 1.55.